The van der Waals surface area contributed by atoms with Crippen LogP contribution in [0.3, 0.4) is 0 Å². The van der Waals surface area contributed by atoms with Crippen molar-refractivity contribution in [1.82, 2.24) is 20.5 Å². The van der Waals surface area contributed by atoms with Gasteiger partial charge in [-0.2, -0.15) is 5.10 Å². The van der Waals surface area contributed by atoms with Crippen LogP contribution in [-0.2, 0) is 4.79 Å². The standard InChI is InChI=1S/C17H17N5O2S/c1-11-5-6-14(25-11)12-10-13(22-21-12)17(24)19-9-7-16(23)20-15-4-2-3-8-18-15/h2-6,8,10H,7,9H2,1H3,(H,19,24)(H,21,22)(H,18,20,23). The molecular formula is C17H17N5O2S. The van der Waals surface area contributed by atoms with Crippen LogP contribution < -0.4 is 10.6 Å². The first-order valence-corrected chi connectivity index (χ1v) is 8.55. The molecule has 0 spiro atoms. The number of amides is 2. The highest BCUT2D eigenvalue weighted by atomic mass is 32.1. The lowest BCUT2D eigenvalue weighted by Gasteiger charge is -2.04. The summed E-state index contributed by atoms with van der Waals surface area (Å²) < 4.78 is 0. The minimum atomic E-state index is -0.318. The third-order valence-corrected chi connectivity index (χ3v) is 4.42. The normalized spacial score (nSPS) is 10.4. The lowest BCUT2D eigenvalue weighted by molar-refractivity contribution is -0.116. The largest absolute Gasteiger partial charge is 0.350 e. The van der Waals surface area contributed by atoms with Gasteiger partial charge >= 0.3 is 0 Å². The van der Waals surface area contributed by atoms with Crippen LogP contribution in [-0.4, -0.2) is 33.5 Å². The fourth-order valence-electron chi connectivity index (χ4n) is 2.17. The number of hydrogen-bond donors (Lipinski definition) is 3. The first kappa shape index (κ1) is 16.8. The SMILES string of the molecule is Cc1ccc(-c2cc(C(=O)NCCC(=O)Nc3ccccn3)n[nH]2)s1. The van der Waals surface area contributed by atoms with Crippen LogP contribution in [0.2, 0.25) is 0 Å². The molecule has 3 rings (SSSR count). The quantitative estimate of drug-likeness (QED) is 0.633. The maximum Gasteiger partial charge on any atom is 0.271 e. The van der Waals surface area contributed by atoms with E-state index in [1.165, 1.54) is 4.88 Å². The molecule has 0 aliphatic rings. The Balaban J connectivity index is 1.48. The molecule has 0 saturated heterocycles. The van der Waals surface area contributed by atoms with E-state index in [1.807, 2.05) is 19.1 Å². The van der Waals surface area contributed by atoms with Crippen LogP contribution in [0.15, 0.2) is 42.6 Å². The van der Waals surface area contributed by atoms with Crippen LogP contribution >= 0.6 is 11.3 Å². The summed E-state index contributed by atoms with van der Waals surface area (Å²) in [4.78, 5) is 30.1. The maximum atomic E-state index is 12.1. The van der Waals surface area contributed by atoms with Crippen molar-refractivity contribution >= 4 is 29.0 Å². The van der Waals surface area contributed by atoms with E-state index in [9.17, 15) is 9.59 Å². The zero-order valence-electron chi connectivity index (χ0n) is 13.6. The third kappa shape index (κ3) is 4.51. The van der Waals surface area contributed by atoms with Crippen molar-refractivity contribution in [2.75, 3.05) is 11.9 Å². The number of thiophene rings is 1. The van der Waals surface area contributed by atoms with Gasteiger partial charge in [-0.05, 0) is 37.3 Å². The van der Waals surface area contributed by atoms with Crippen molar-refractivity contribution in [3.63, 3.8) is 0 Å². The molecule has 128 valence electrons. The topological polar surface area (TPSA) is 99.8 Å². The molecule has 0 aliphatic carbocycles. The van der Waals surface area contributed by atoms with E-state index in [-0.39, 0.29) is 24.8 Å². The molecule has 0 aliphatic heterocycles. The number of anilines is 1. The predicted octanol–water partition coefficient (Wildman–Crippen LogP) is 2.60. The van der Waals surface area contributed by atoms with E-state index in [2.05, 4.69) is 25.8 Å². The van der Waals surface area contributed by atoms with Gasteiger partial charge in [0.25, 0.3) is 5.91 Å². The van der Waals surface area contributed by atoms with Crippen molar-refractivity contribution in [1.29, 1.82) is 0 Å². The Bertz CT molecular complexity index is 872. The number of rotatable bonds is 6. The van der Waals surface area contributed by atoms with Gasteiger partial charge in [0.1, 0.15) is 5.82 Å². The average molecular weight is 355 g/mol. The molecule has 3 heterocycles. The summed E-state index contributed by atoms with van der Waals surface area (Å²) in [5.74, 6) is -0.0424. The molecule has 3 N–H and O–H groups in total. The first-order valence-electron chi connectivity index (χ1n) is 7.73. The number of nitrogens with zero attached hydrogens (tertiary/aromatic N) is 2. The summed E-state index contributed by atoms with van der Waals surface area (Å²) in [7, 11) is 0. The Kier molecular flexibility index (Phi) is 5.20. The molecule has 0 radical (unpaired) electrons. The number of pyridine rings is 1. The molecular weight excluding hydrogens is 338 g/mol. The molecule has 3 aromatic rings. The number of aromatic nitrogens is 3. The minimum Gasteiger partial charge on any atom is -0.350 e. The van der Waals surface area contributed by atoms with Gasteiger partial charge in [-0.3, -0.25) is 14.7 Å². The summed E-state index contributed by atoms with van der Waals surface area (Å²) >= 11 is 1.63. The molecule has 0 aromatic carbocycles. The Hall–Kier alpha value is -3.00. The van der Waals surface area contributed by atoms with Crippen LogP contribution in [0.5, 0.6) is 0 Å². The van der Waals surface area contributed by atoms with E-state index >= 15 is 0 Å². The van der Waals surface area contributed by atoms with E-state index in [1.54, 1.807) is 41.8 Å². The average Bonchev–Trinajstić information content (AvgIpc) is 3.24. The molecule has 3 aromatic heterocycles. The van der Waals surface area contributed by atoms with Crippen molar-refractivity contribution in [2.45, 2.75) is 13.3 Å². The Morgan fingerprint density at radius 2 is 2.12 bits per heavy atom. The van der Waals surface area contributed by atoms with E-state index in [0.717, 1.165) is 10.6 Å². The minimum absolute atomic E-state index is 0.156. The van der Waals surface area contributed by atoms with Crippen molar-refractivity contribution in [3.05, 3.63) is 53.2 Å². The lowest BCUT2D eigenvalue weighted by Crippen LogP contribution is -2.28. The van der Waals surface area contributed by atoms with Crippen molar-refractivity contribution in [3.8, 4) is 10.6 Å². The number of carbonyl (C=O) groups is 2. The fourth-order valence-corrected chi connectivity index (χ4v) is 3.00. The Labute approximate surface area is 148 Å². The molecule has 0 saturated carbocycles. The molecule has 25 heavy (non-hydrogen) atoms. The summed E-state index contributed by atoms with van der Waals surface area (Å²) in [5.41, 5.74) is 1.10. The predicted molar refractivity (Wildman–Crippen MR) is 96.5 cm³/mol. The third-order valence-electron chi connectivity index (χ3n) is 3.39. The number of H-pyrrole nitrogens is 1. The number of aromatic amines is 1. The summed E-state index contributed by atoms with van der Waals surface area (Å²) in [6, 6.07) is 11.0. The Morgan fingerprint density at radius 1 is 1.24 bits per heavy atom. The zero-order chi connectivity index (χ0) is 17.6. The molecule has 0 atom stereocenters. The fraction of sp³-hybridized carbons (Fsp3) is 0.176. The van der Waals surface area contributed by atoms with E-state index in [0.29, 0.717) is 11.5 Å². The molecule has 0 bridgehead atoms. The van der Waals surface area contributed by atoms with Crippen LogP contribution in [0.1, 0.15) is 21.8 Å². The highest BCUT2D eigenvalue weighted by molar-refractivity contribution is 7.15. The van der Waals surface area contributed by atoms with Gasteiger partial charge in [0, 0.05) is 24.0 Å². The van der Waals surface area contributed by atoms with Gasteiger partial charge in [-0.25, -0.2) is 4.98 Å². The highest BCUT2D eigenvalue weighted by Gasteiger charge is 2.12. The smallest absolute Gasteiger partial charge is 0.271 e. The molecule has 2 amide bonds. The molecule has 0 fully saturated rings. The van der Waals surface area contributed by atoms with Gasteiger partial charge < -0.3 is 10.6 Å². The monoisotopic (exact) mass is 355 g/mol. The van der Waals surface area contributed by atoms with Gasteiger partial charge in [-0.15, -0.1) is 11.3 Å². The Morgan fingerprint density at radius 3 is 2.84 bits per heavy atom. The van der Waals surface area contributed by atoms with Gasteiger partial charge in [0.05, 0.1) is 10.6 Å². The van der Waals surface area contributed by atoms with Gasteiger partial charge in [0.2, 0.25) is 5.91 Å². The summed E-state index contributed by atoms with van der Waals surface area (Å²) in [6.45, 7) is 2.24. The van der Waals surface area contributed by atoms with Crippen LogP contribution in [0.4, 0.5) is 5.82 Å². The van der Waals surface area contributed by atoms with Crippen LogP contribution in [0, 0.1) is 6.92 Å². The number of aryl methyl sites for hydroxylation is 1. The lowest BCUT2D eigenvalue weighted by atomic mass is 10.3. The zero-order valence-corrected chi connectivity index (χ0v) is 14.4. The summed E-state index contributed by atoms with van der Waals surface area (Å²) in [6.07, 6.45) is 1.76. The second kappa shape index (κ2) is 7.71. The maximum absolute atomic E-state index is 12.1. The second-order valence-electron chi connectivity index (χ2n) is 5.35. The second-order valence-corrected chi connectivity index (χ2v) is 6.63. The molecule has 0 unspecified atom stereocenters. The molecule has 8 heteroatoms. The highest BCUT2D eigenvalue weighted by Crippen LogP contribution is 2.26. The number of hydrogen-bond acceptors (Lipinski definition) is 5. The number of nitrogens with one attached hydrogen (secondary N) is 3. The van der Waals surface area contributed by atoms with Gasteiger partial charge in [0.15, 0.2) is 5.69 Å². The first-order chi connectivity index (χ1) is 12.1. The van der Waals surface area contributed by atoms with Crippen LogP contribution in [0.25, 0.3) is 10.6 Å². The molecule has 7 nitrogen and oxygen atoms in total. The number of carbonyl (C=O) groups excluding carboxylic acids is 2. The van der Waals surface area contributed by atoms with Gasteiger partial charge in [-0.1, -0.05) is 6.07 Å². The van der Waals surface area contributed by atoms with Crippen molar-refractivity contribution < 1.29 is 9.59 Å². The van der Waals surface area contributed by atoms with E-state index in [4.69, 9.17) is 0 Å². The van der Waals surface area contributed by atoms with Crippen molar-refractivity contribution in [2.24, 2.45) is 0 Å². The van der Waals surface area contributed by atoms with E-state index < -0.39 is 0 Å². The summed E-state index contributed by atoms with van der Waals surface area (Å²) in [5, 5.41) is 12.2.